The van der Waals surface area contributed by atoms with Crippen LogP contribution in [0.25, 0.3) is 16.7 Å². The summed E-state index contributed by atoms with van der Waals surface area (Å²) in [5, 5.41) is 5.68. The molecule has 0 N–H and O–H groups in total. The number of hydrogen-bond donors (Lipinski definition) is 0. The van der Waals surface area contributed by atoms with Crippen molar-refractivity contribution >= 4 is 22.8 Å². The largest absolute Gasteiger partial charge is 0.354 e. The lowest BCUT2D eigenvalue weighted by molar-refractivity contribution is -0.131. The van der Waals surface area contributed by atoms with E-state index in [1.807, 2.05) is 11.8 Å². The number of rotatable bonds is 8. The van der Waals surface area contributed by atoms with E-state index in [1.165, 1.54) is 12.1 Å². The van der Waals surface area contributed by atoms with E-state index in [4.69, 9.17) is 15.1 Å². The highest BCUT2D eigenvalue weighted by molar-refractivity contribution is 5.91. The highest BCUT2D eigenvalue weighted by atomic mass is 19.1. The Balaban J connectivity index is 1.66. The zero-order chi connectivity index (χ0) is 24.1. The molecule has 3 heterocycles. The SMILES string of the molecule is CCCCCC(=O)N1CCCN(c2nc(CCC)nc3c2c(C)nn3-c2ccc(F)cc2)CC1. The molecular weight excluding hydrogens is 431 g/mol. The lowest BCUT2D eigenvalue weighted by Gasteiger charge is -2.24. The van der Waals surface area contributed by atoms with Crippen LogP contribution in [-0.2, 0) is 11.2 Å². The molecule has 1 aromatic carbocycles. The molecule has 0 radical (unpaired) electrons. The van der Waals surface area contributed by atoms with Crippen LogP contribution in [0.15, 0.2) is 24.3 Å². The number of hydrogen-bond acceptors (Lipinski definition) is 5. The van der Waals surface area contributed by atoms with Crippen molar-refractivity contribution in [2.45, 2.75) is 65.7 Å². The Bertz CT molecular complexity index is 1130. The topological polar surface area (TPSA) is 67.2 Å². The van der Waals surface area contributed by atoms with Crippen LogP contribution in [0.3, 0.4) is 0 Å². The van der Waals surface area contributed by atoms with Gasteiger partial charge in [0.25, 0.3) is 0 Å². The number of carbonyl (C=O) groups excluding carboxylic acids is 1. The molecule has 1 fully saturated rings. The van der Waals surface area contributed by atoms with Gasteiger partial charge in [-0.15, -0.1) is 0 Å². The van der Waals surface area contributed by atoms with E-state index in [9.17, 15) is 9.18 Å². The number of aryl methyl sites for hydroxylation is 2. The summed E-state index contributed by atoms with van der Waals surface area (Å²) in [6, 6.07) is 6.31. The standard InChI is InChI=1S/C26H35FN6O/c1-4-6-7-10-23(34)31-15-8-16-32(18-17-31)25-24-19(3)30-33(21-13-11-20(27)12-14-21)26(24)29-22(28-25)9-5-2/h11-14H,4-10,15-18H2,1-3H3. The number of aromatic nitrogens is 4. The number of carbonyl (C=O) groups is 1. The molecule has 182 valence electrons. The summed E-state index contributed by atoms with van der Waals surface area (Å²) >= 11 is 0. The Hall–Kier alpha value is -3.03. The molecule has 1 amide bonds. The van der Waals surface area contributed by atoms with Gasteiger partial charge in [-0.25, -0.2) is 19.0 Å². The van der Waals surface area contributed by atoms with E-state index in [2.05, 4.69) is 18.7 Å². The van der Waals surface area contributed by atoms with Gasteiger partial charge in [0.05, 0.1) is 16.8 Å². The van der Waals surface area contributed by atoms with E-state index in [0.29, 0.717) is 13.0 Å². The van der Waals surface area contributed by atoms with E-state index >= 15 is 0 Å². The van der Waals surface area contributed by atoms with E-state index < -0.39 is 0 Å². The van der Waals surface area contributed by atoms with Gasteiger partial charge in [0.2, 0.25) is 5.91 Å². The van der Waals surface area contributed by atoms with Crippen molar-refractivity contribution in [2.24, 2.45) is 0 Å². The summed E-state index contributed by atoms with van der Waals surface area (Å²) in [4.78, 5) is 26.8. The number of amides is 1. The summed E-state index contributed by atoms with van der Waals surface area (Å²) < 4.78 is 15.3. The van der Waals surface area contributed by atoms with Gasteiger partial charge < -0.3 is 9.80 Å². The van der Waals surface area contributed by atoms with Gasteiger partial charge in [0.15, 0.2) is 5.65 Å². The fourth-order valence-electron chi connectivity index (χ4n) is 4.60. The number of nitrogens with zero attached hydrogens (tertiary/aromatic N) is 6. The van der Waals surface area contributed by atoms with Crippen LogP contribution in [0.1, 0.15) is 63.9 Å². The molecule has 0 bridgehead atoms. The number of benzene rings is 1. The van der Waals surface area contributed by atoms with Crippen LogP contribution in [0.2, 0.25) is 0 Å². The lowest BCUT2D eigenvalue weighted by Crippen LogP contribution is -2.35. The molecular formula is C26H35FN6O. The molecule has 0 atom stereocenters. The number of fused-ring (bicyclic) bond motifs is 1. The van der Waals surface area contributed by atoms with Crippen LogP contribution in [0, 0.1) is 12.7 Å². The average molecular weight is 467 g/mol. The van der Waals surface area contributed by atoms with Crippen molar-refractivity contribution in [3.63, 3.8) is 0 Å². The smallest absolute Gasteiger partial charge is 0.222 e. The fraction of sp³-hybridized carbons (Fsp3) is 0.538. The second kappa shape index (κ2) is 10.9. The Morgan fingerprint density at radius 2 is 1.79 bits per heavy atom. The minimum absolute atomic E-state index is 0.259. The minimum atomic E-state index is -0.280. The summed E-state index contributed by atoms with van der Waals surface area (Å²) in [6.45, 7) is 9.29. The number of unbranched alkanes of at least 4 members (excludes halogenated alkanes) is 2. The highest BCUT2D eigenvalue weighted by Crippen LogP contribution is 2.30. The maximum absolute atomic E-state index is 13.5. The molecule has 4 rings (SSSR count). The third kappa shape index (κ3) is 5.21. The lowest BCUT2D eigenvalue weighted by atomic mass is 10.2. The summed E-state index contributed by atoms with van der Waals surface area (Å²) in [5.74, 6) is 1.65. The van der Waals surface area contributed by atoms with Crippen LogP contribution < -0.4 is 4.90 Å². The van der Waals surface area contributed by atoms with Crippen LogP contribution in [0.4, 0.5) is 10.2 Å². The molecule has 0 aliphatic carbocycles. The third-order valence-electron chi connectivity index (χ3n) is 6.42. The molecule has 1 saturated heterocycles. The van der Waals surface area contributed by atoms with Crippen LogP contribution >= 0.6 is 0 Å². The minimum Gasteiger partial charge on any atom is -0.354 e. The van der Waals surface area contributed by atoms with Gasteiger partial charge >= 0.3 is 0 Å². The predicted octanol–water partition coefficient (Wildman–Crippen LogP) is 4.83. The number of anilines is 1. The molecule has 1 aliphatic heterocycles. The normalized spacial score (nSPS) is 14.6. The first-order valence-electron chi connectivity index (χ1n) is 12.6. The average Bonchev–Trinajstić information content (AvgIpc) is 3.00. The van der Waals surface area contributed by atoms with Crippen molar-refractivity contribution in [3.05, 3.63) is 41.6 Å². The first-order chi connectivity index (χ1) is 16.5. The van der Waals surface area contributed by atoms with E-state index in [1.54, 1.807) is 16.8 Å². The zero-order valence-corrected chi connectivity index (χ0v) is 20.6. The summed E-state index contributed by atoms with van der Waals surface area (Å²) in [6.07, 6.45) is 6.43. The molecule has 7 nitrogen and oxygen atoms in total. The first-order valence-corrected chi connectivity index (χ1v) is 12.6. The second-order valence-corrected chi connectivity index (χ2v) is 9.06. The quantitative estimate of drug-likeness (QED) is 0.445. The van der Waals surface area contributed by atoms with Crippen LogP contribution in [0.5, 0.6) is 0 Å². The van der Waals surface area contributed by atoms with Gasteiger partial charge in [-0.1, -0.05) is 26.7 Å². The molecule has 34 heavy (non-hydrogen) atoms. The van der Waals surface area contributed by atoms with Gasteiger partial charge in [-0.3, -0.25) is 4.79 Å². The zero-order valence-electron chi connectivity index (χ0n) is 20.6. The Morgan fingerprint density at radius 1 is 1.00 bits per heavy atom. The monoisotopic (exact) mass is 466 g/mol. The Kier molecular flexibility index (Phi) is 7.75. The van der Waals surface area contributed by atoms with Gasteiger partial charge in [0.1, 0.15) is 17.5 Å². The molecule has 0 spiro atoms. The third-order valence-corrected chi connectivity index (χ3v) is 6.42. The maximum Gasteiger partial charge on any atom is 0.222 e. The number of halogens is 1. The van der Waals surface area contributed by atoms with Crippen molar-refractivity contribution in [2.75, 3.05) is 31.1 Å². The molecule has 8 heteroatoms. The molecule has 0 saturated carbocycles. The molecule has 0 unspecified atom stereocenters. The predicted molar refractivity (Wildman–Crippen MR) is 133 cm³/mol. The highest BCUT2D eigenvalue weighted by Gasteiger charge is 2.24. The van der Waals surface area contributed by atoms with E-state index in [0.717, 1.165) is 92.2 Å². The molecule has 2 aromatic heterocycles. The molecule has 1 aliphatic rings. The maximum atomic E-state index is 13.5. The summed E-state index contributed by atoms with van der Waals surface area (Å²) in [7, 11) is 0. The molecule has 3 aromatic rings. The van der Waals surface area contributed by atoms with Gasteiger partial charge in [0, 0.05) is 39.0 Å². The second-order valence-electron chi connectivity index (χ2n) is 9.06. The first kappa shape index (κ1) is 24.1. The Morgan fingerprint density at radius 3 is 2.53 bits per heavy atom. The van der Waals surface area contributed by atoms with Crippen molar-refractivity contribution in [1.82, 2.24) is 24.6 Å². The summed E-state index contributed by atoms with van der Waals surface area (Å²) in [5.41, 5.74) is 2.36. The Labute approximate surface area is 201 Å². The van der Waals surface area contributed by atoms with Gasteiger partial charge in [-0.05, 0) is 50.5 Å². The van der Waals surface area contributed by atoms with Crippen molar-refractivity contribution in [1.29, 1.82) is 0 Å². The van der Waals surface area contributed by atoms with Crippen molar-refractivity contribution in [3.8, 4) is 5.69 Å². The van der Waals surface area contributed by atoms with Crippen molar-refractivity contribution < 1.29 is 9.18 Å². The van der Waals surface area contributed by atoms with E-state index in [-0.39, 0.29) is 11.7 Å². The van der Waals surface area contributed by atoms with Gasteiger partial charge in [-0.2, -0.15) is 5.10 Å². The fourth-order valence-corrected chi connectivity index (χ4v) is 4.60. The van der Waals surface area contributed by atoms with Crippen LogP contribution in [-0.4, -0.2) is 56.7 Å².